The van der Waals surface area contributed by atoms with Crippen LogP contribution in [0, 0.1) is 12.3 Å². The zero-order valence-corrected chi connectivity index (χ0v) is 7.60. The fourth-order valence-electron chi connectivity index (χ4n) is 0.713. The summed E-state index contributed by atoms with van der Waals surface area (Å²) in [4.78, 5) is 0. The van der Waals surface area contributed by atoms with Crippen LogP contribution in [0.1, 0.15) is 25.7 Å². The smallest absolute Gasteiger partial charge is 0.0649 e. The van der Waals surface area contributed by atoms with Crippen molar-refractivity contribution in [2.24, 2.45) is 0 Å². The average molecular weight is 205 g/mol. The van der Waals surface area contributed by atoms with E-state index in [1.54, 1.807) is 0 Å². The number of unbranched alkanes of at least 4 members (excludes halogenated alkanes) is 1. The molecule has 0 fully saturated rings. The fourth-order valence-corrected chi connectivity index (χ4v) is 1.11. The molecule has 1 unspecified atom stereocenters. The summed E-state index contributed by atoms with van der Waals surface area (Å²) in [5.41, 5.74) is 0. The zero-order chi connectivity index (χ0) is 7.82. The molecule has 0 saturated carbocycles. The lowest BCUT2D eigenvalue weighted by atomic mass is 10.1. The Morgan fingerprint density at radius 1 is 1.50 bits per heavy atom. The van der Waals surface area contributed by atoms with Crippen LogP contribution >= 0.6 is 15.9 Å². The number of rotatable bonds is 5. The van der Waals surface area contributed by atoms with Crippen molar-refractivity contribution >= 4 is 15.9 Å². The van der Waals surface area contributed by atoms with E-state index < -0.39 is 0 Å². The molecular formula is C8H13BrO. The average Bonchev–Trinajstić information content (AvgIpc) is 1.89. The molecule has 2 heteroatoms. The molecule has 0 spiro atoms. The van der Waals surface area contributed by atoms with Crippen LogP contribution in [0.25, 0.3) is 0 Å². The summed E-state index contributed by atoms with van der Waals surface area (Å²) in [6.07, 6.45) is 8.21. The molecule has 1 nitrogen and oxygen atoms in total. The molecule has 0 aromatic carbocycles. The van der Waals surface area contributed by atoms with Gasteiger partial charge in [-0.3, -0.25) is 0 Å². The largest absolute Gasteiger partial charge is 0.392 e. The minimum atomic E-state index is -0.288. The van der Waals surface area contributed by atoms with Crippen molar-refractivity contribution in [1.29, 1.82) is 0 Å². The van der Waals surface area contributed by atoms with Crippen LogP contribution in [0.5, 0.6) is 0 Å². The molecule has 0 aliphatic carbocycles. The molecule has 10 heavy (non-hydrogen) atoms. The Bertz CT molecular complexity index is 106. The van der Waals surface area contributed by atoms with E-state index in [2.05, 4.69) is 21.9 Å². The summed E-state index contributed by atoms with van der Waals surface area (Å²) in [5.74, 6) is 2.43. The van der Waals surface area contributed by atoms with Crippen molar-refractivity contribution in [1.82, 2.24) is 0 Å². The van der Waals surface area contributed by atoms with Crippen molar-refractivity contribution in [2.75, 3.05) is 5.33 Å². The van der Waals surface area contributed by atoms with Gasteiger partial charge in [-0.2, -0.15) is 0 Å². The Labute approximate surface area is 71.0 Å². The number of alkyl halides is 1. The second-order valence-corrected chi connectivity index (χ2v) is 3.04. The van der Waals surface area contributed by atoms with Crippen LogP contribution in [0.15, 0.2) is 0 Å². The quantitative estimate of drug-likeness (QED) is 0.413. The lowest BCUT2D eigenvalue weighted by Gasteiger charge is -2.04. The summed E-state index contributed by atoms with van der Waals surface area (Å²) in [6.45, 7) is 0. The molecule has 1 atom stereocenters. The van der Waals surface area contributed by atoms with Gasteiger partial charge < -0.3 is 5.11 Å². The summed E-state index contributed by atoms with van der Waals surface area (Å²) >= 11 is 3.32. The van der Waals surface area contributed by atoms with Gasteiger partial charge in [0.15, 0.2) is 0 Å². The molecule has 1 N–H and O–H groups in total. The van der Waals surface area contributed by atoms with Crippen molar-refractivity contribution in [3.8, 4) is 12.3 Å². The predicted molar refractivity (Wildman–Crippen MR) is 47.1 cm³/mol. The second-order valence-electron chi connectivity index (χ2n) is 2.25. The van der Waals surface area contributed by atoms with E-state index in [-0.39, 0.29) is 6.10 Å². The van der Waals surface area contributed by atoms with E-state index in [4.69, 9.17) is 11.5 Å². The molecule has 0 rings (SSSR count). The lowest BCUT2D eigenvalue weighted by Crippen LogP contribution is -2.04. The maximum absolute atomic E-state index is 9.12. The third-order valence-corrected chi connectivity index (χ3v) is 1.84. The van der Waals surface area contributed by atoms with Gasteiger partial charge in [0.05, 0.1) is 6.10 Å². The first-order chi connectivity index (χ1) is 4.81. The number of hydrogen-bond donors (Lipinski definition) is 1. The van der Waals surface area contributed by atoms with Crippen LogP contribution in [-0.2, 0) is 0 Å². The zero-order valence-electron chi connectivity index (χ0n) is 6.02. The van der Waals surface area contributed by atoms with Crippen LogP contribution in [0.3, 0.4) is 0 Å². The minimum absolute atomic E-state index is 0.288. The van der Waals surface area contributed by atoms with Gasteiger partial charge in [0.1, 0.15) is 0 Å². The van der Waals surface area contributed by atoms with Gasteiger partial charge >= 0.3 is 0 Å². The Balaban J connectivity index is 3.06. The second kappa shape index (κ2) is 7.11. The first kappa shape index (κ1) is 10.0. The van der Waals surface area contributed by atoms with Crippen LogP contribution in [0.4, 0.5) is 0 Å². The SMILES string of the molecule is C#CCC(O)CCCCBr. The van der Waals surface area contributed by atoms with Crippen molar-refractivity contribution in [3.63, 3.8) is 0 Å². The Morgan fingerprint density at radius 2 is 2.20 bits per heavy atom. The molecule has 0 aliphatic rings. The van der Waals surface area contributed by atoms with Gasteiger partial charge in [-0.25, -0.2) is 0 Å². The molecule has 0 aromatic heterocycles. The normalized spacial score (nSPS) is 12.5. The Morgan fingerprint density at radius 3 is 2.70 bits per heavy atom. The van der Waals surface area contributed by atoms with Crippen molar-refractivity contribution < 1.29 is 5.11 Å². The van der Waals surface area contributed by atoms with Crippen LogP contribution in [-0.4, -0.2) is 16.5 Å². The Hall–Kier alpha value is 0. The van der Waals surface area contributed by atoms with Gasteiger partial charge in [-0.05, 0) is 12.8 Å². The number of aliphatic hydroxyl groups excluding tert-OH is 1. The maximum Gasteiger partial charge on any atom is 0.0649 e. The lowest BCUT2D eigenvalue weighted by molar-refractivity contribution is 0.167. The molecule has 0 aromatic rings. The summed E-state index contributed by atoms with van der Waals surface area (Å²) < 4.78 is 0. The van der Waals surface area contributed by atoms with Gasteiger partial charge in [0.25, 0.3) is 0 Å². The first-order valence-electron chi connectivity index (χ1n) is 3.48. The molecule has 0 radical (unpaired) electrons. The topological polar surface area (TPSA) is 20.2 Å². The minimum Gasteiger partial charge on any atom is -0.392 e. The summed E-state index contributed by atoms with van der Waals surface area (Å²) in [7, 11) is 0. The molecule has 0 aliphatic heterocycles. The highest BCUT2D eigenvalue weighted by Crippen LogP contribution is 2.04. The van der Waals surface area contributed by atoms with E-state index in [1.165, 1.54) is 0 Å². The molecule has 0 bridgehead atoms. The highest BCUT2D eigenvalue weighted by molar-refractivity contribution is 9.09. The summed E-state index contributed by atoms with van der Waals surface area (Å²) in [6, 6.07) is 0. The predicted octanol–water partition coefficient (Wildman–Crippen LogP) is 1.94. The van der Waals surface area contributed by atoms with Gasteiger partial charge in [-0.15, -0.1) is 12.3 Å². The highest BCUT2D eigenvalue weighted by atomic mass is 79.9. The van der Waals surface area contributed by atoms with Gasteiger partial charge in [0, 0.05) is 11.8 Å². The number of terminal acetylenes is 1. The number of hydrogen-bond acceptors (Lipinski definition) is 1. The highest BCUT2D eigenvalue weighted by Gasteiger charge is 1.99. The number of halogens is 1. The molecule has 58 valence electrons. The van der Waals surface area contributed by atoms with Gasteiger partial charge in [0.2, 0.25) is 0 Å². The fraction of sp³-hybridized carbons (Fsp3) is 0.750. The first-order valence-corrected chi connectivity index (χ1v) is 4.61. The molecule has 0 amide bonds. The van der Waals surface area contributed by atoms with E-state index in [0.717, 1.165) is 24.6 Å². The van der Waals surface area contributed by atoms with E-state index >= 15 is 0 Å². The van der Waals surface area contributed by atoms with E-state index in [9.17, 15) is 0 Å². The number of aliphatic hydroxyl groups is 1. The molecular weight excluding hydrogens is 192 g/mol. The van der Waals surface area contributed by atoms with E-state index in [1.807, 2.05) is 0 Å². The molecule has 0 heterocycles. The van der Waals surface area contributed by atoms with Gasteiger partial charge in [-0.1, -0.05) is 22.4 Å². The monoisotopic (exact) mass is 204 g/mol. The van der Waals surface area contributed by atoms with Crippen molar-refractivity contribution in [2.45, 2.75) is 31.8 Å². The third kappa shape index (κ3) is 6.12. The summed E-state index contributed by atoms with van der Waals surface area (Å²) in [5, 5.41) is 10.1. The molecule has 0 saturated heterocycles. The standard InChI is InChI=1S/C8H13BrO/c1-2-5-8(10)6-3-4-7-9/h1,8,10H,3-7H2. The van der Waals surface area contributed by atoms with Crippen LogP contribution < -0.4 is 0 Å². The van der Waals surface area contributed by atoms with E-state index in [0.29, 0.717) is 6.42 Å². The van der Waals surface area contributed by atoms with Crippen molar-refractivity contribution in [3.05, 3.63) is 0 Å². The third-order valence-electron chi connectivity index (χ3n) is 1.27. The maximum atomic E-state index is 9.12. The Kier molecular flexibility index (Phi) is 7.11. The van der Waals surface area contributed by atoms with Crippen LogP contribution in [0.2, 0.25) is 0 Å².